The van der Waals surface area contributed by atoms with Crippen molar-refractivity contribution in [3.63, 3.8) is 0 Å². The zero-order valence-corrected chi connectivity index (χ0v) is 16.5. The molecular weight excluding hydrogens is 371 g/mol. The van der Waals surface area contributed by atoms with Gasteiger partial charge in [0.15, 0.2) is 5.82 Å². The molecule has 2 aliphatic heterocycles. The minimum Gasteiger partial charge on any atom is -0.307 e. The summed E-state index contributed by atoms with van der Waals surface area (Å²) in [6.07, 6.45) is 5.44. The molecule has 2 aliphatic rings. The van der Waals surface area contributed by atoms with Crippen molar-refractivity contribution in [2.45, 2.75) is 18.8 Å². The predicted molar refractivity (Wildman–Crippen MR) is 110 cm³/mol. The molecule has 0 aliphatic carbocycles. The fourth-order valence-electron chi connectivity index (χ4n) is 4.56. The van der Waals surface area contributed by atoms with Gasteiger partial charge in [0.25, 0.3) is 0 Å². The number of rotatable bonds is 2. The van der Waals surface area contributed by atoms with Crippen LogP contribution in [0.15, 0.2) is 30.6 Å². The number of aryl methyl sites for hydroxylation is 1. The number of fused-ring (bicyclic) bond motifs is 2. The summed E-state index contributed by atoms with van der Waals surface area (Å²) < 4.78 is 15.9. The maximum absolute atomic E-state index is 14.3. The molecule has 29 heavy (non-hydrogen) atoms. The summed E-state index contributed by atoms with van der Waals surface area (Å²) in [7, 11) is 3.88. The predicted octanol–water partition coefficient (Wildman–Crippen LogP) is 3.12. The summed E-state index contributed by atoms with van der Waals surface area (Å²) >= 11 is 0. The van der Waals surface area contributed by atoms with Gasteiger partial charge in [-0.15, -0.1) is 0 Å². The number of nitrogens with zero attached hydrogens (tertiary/aromatic N) is 5. The summed E-state index contributed by atoms with van der Waals surface area (Å²) in [5, 5.41) is 7.57. The maximum atomic E-state index is 14.3. The van der Waals surface area contributed by atoms with Crippen LogP contribution < -0.4 is 10.2 Å². The molecule has 8 heteroatoms. The molecule has 0 radical (unpaired) electrons. The van der Waals surface area contributed by atoms with Crippen molar-refractivity contribution >= 4 is 28.4 Å². The summed E-state index contributed by atoms with van der Waals surface area (Å²) in [4.78, 5) is 21.4. The highest BCUT2D eigenvalue weighted by atomic mass is 19.1. The first-order valence-corrected chi connectivity index (χ1v) is 9.87. The van der Waals surface area contributed by atoms with Crippen LogP contribution in [0.2, 0.25) is 0 Å². The second kappa shape index (κ2) is 6.81. The number of amides is 2. The average Bonchev–Trinajstić information content (AvgIpc) is 3.39. The molecule has 1 aromatic carbocycles. The summed E-state index contributed by atoms with van der Waals surface area (Å²) in [5.74, 6) is 0.755. The van der Waals surface area contributed by atoms with Crippen LogP contribution in [0.1, 0.15) is 23.5 Å². The van der Waals surface area contributed by atoms with Gasteiger partial charge in [0.1, 0.15) is 11.3 Å². The number of carbonyl (C=O) groups is 1. The van der Waals surface area contributed by atoms with Crippen LogP contribution in [-0.2, 0) is 13.5 Å². The van der Waals surface area contributed by atoms with Gasteiger partial charge in [-0.3, -0.25) is 9.58 Å². The first kappa shape index (κ1) is 18.1. The Morgan fingerprint density at radius 1 is 1.28 bits per heavy atom. The number of nitrogens with one attached hydrogen (secondary N) is 1. The summed E-state index contributed by atoms with van der Waals surface area (Å²) in [6, 6.07) is 4.84. The molecule has 0 spiro atoms. The molecule has 7 nitrogen and oxygen atoms in total. The van der Waals surface area contributed by atoms with Crippen molar-refractivity contribution < 1.29 is 9.18 Å². The van der Waals surface area contributed by atoms with Crippen molar-refractivity contribution in [3.05, 3.63) is 47.5 Å². The minimum absolute atomic E-state index is 0.292. The van der Waals surface area contributed by atoms with Crippen molar-refractivity contribution in [1.29, 1.82) is 0 Å². The normalized spacial score (nSPS) is 19.1. The molecule has 5 rings (SSSR count). The monoisotopic (exact) mass is 394 g/mol. The molecular formula is C21H23FN6O. The fourth-order valence-corrected chi connectivity index (χ4v) is 4.56. The van der Waals surface area contributed by atoms with Gasteiger partial charge in [-0.2, -0.15) is 5.10 Å². The molecule has 1 unspecified atom stereocenters. The van der Waals surface area contributed by atoms with Gasteiger partial charge < -0.3 is 10.2 Å². The number of likely N-dealkylation sites (tertiary alicyclic amines) is 1. The largest absolute Gasteiger partial charge is 0.327 e. The molecule has 1 N–H and O–H groups in total. The smallest absolute Gasteiger partial charge is 0.307 e. The van der Waals surface area contributed by atoms with Crippen LogP contribution in [0.3, 0.4) is 0 Å². The fraction of sp³-hybridized carbons (Fsp3) is 0.381. The third-order valence-electron chi connectivity index (χ3n) is 5.91. The van der Waals surface area contributed by atoms with E-state index in [1.54, 1.807) is 35.1 Å². The summed E-state index contributed by atoms with van der Waals surface area (Å²) in [6.45, 7) is 2.70. The zero-order chi connectivity index (χ0) is 20.1. The molecule has 3 aromatic rings. The van der Waals surface area contributed by atoms with Crippen molar-refractivity contribution in [1.82, 2.24) is 19.7 Å². The van der Waals surface area contributed by atoms with E-state index in [0.29, 0.717) is 29.1 Å². The molecule has 1 saturated heterocycles. The Morgan fingerprint density at radius 3 is 2.93 bits per heavy atom. The SMILES string of the molecule is CN1CCC(c2ccnc3c2CCN3C(=O)Nc2cc(F)c3nn(C)cc3c2)C1. The van der Waals surface area contributed by atoms with Gasteiger partial charge in [-0.05, 0) is 56.1 Å². The Balaban J connectivity index is 1.40. The Kier molecular flexibility index (Phi) is 4.24. The van der Waals surface area contributed by atoms with E-state index in [1.165, 1.54) is 11.6 Å². The average molecular weight is 394 g/mol. The molecule has 0 bridgehead atoms. The van der Waals surface area contributed by atoms with E-state index < -0.39 is 5.82 Å². The van der Waals surface area contributed by atoms with Crippen LogP contribution in [0.5, 0.6) is 0 Å². The highest BCUT2D eigenvalue weighted by Crippen LogP contribution is 2.36. The van der Waals surface area contributed by atoms with Crippen LogP contribution in [0, 0.1) is 5.82 Å². The topological polar surface area (TPSA) is 66.3 Å². The first-order chi connectivity index (χ1) is 14.0. The first-order valence-electron chi connectivity index (χ1n) is 9.87. The number of carbonyl (C=O) groups excluding carboxylic acids is 1. The molecule has 1 atom stereocenters. The zero-order valence-electron chi connectivity index (χ0n) is 16.5. The third kappa shape index (κ3) is 3.13. The minimum atomic E-state index is -0.453. The Labute approximate surface area is 168 Å². The number of aromatic nitrogens is 3. The van der Waals surface area contributed by atoms with Crippen LogP contribution >= 0.6 is 0 Å². The lowest BCUT2D eigenvalue weighted by atomic mass is 9.94. The molecule has 150 valence electrons. The van der Waals surface area contributed by atoms with Gasteiger partial charge in [0.2, 0.25) is 0 Å². The van der Waals surface area contributed by atoms with Gasteiger partial charge in [-0.25, -0.2) is 14.2 Å². The lowest BCUT2D eigenvalue weighted by Crippen LogP contribution is -2.33. The van der Waals surface area contributed by atoms with Crippen molar-refractivity contribution in [2.24, 2.45) is 7.05 Å². The van der Waals surface area contributed by atoms with E-state index >= 15 is 0 Å². The van der Waals surface area contributed by atoms with E-state index in [1.807, 2.05) is 0 Å². The number of hydrogen-bond donors (Lipinski definition) is 1. The number of benzene rings is 1. The van der Waals surface area contributed by atoms with E-state index in [4.69, 9.17) is 0 Å². The lowest BCUT2D eigenvalue weighted by Gasteiger charge is -2.19. The number of likely N-dealkylation sites (N-methyl/N-ethyl adjacent to an activating group) is 1. The van der Waals surface area contributed by atoms with E-state index in [2.05, 4.69) is 33.4 Å². The Morgan fingerprint density at radius 2 is 2.14 bits per heavy atom. The Hall–Kier alpha value is -3.00. The second-order valence-electron chi connectivity index (χ2n) is 7.98. The van der Waals surface area contributed by atoms with Crippen molar-refractivity contribution in [3.8, 4) is 0 Å². The second-order valence-corrected chi connectivity index (χ2v) is 7.98. The molecule has 2 aromatic heterocycles. The standard InChI is InChI=1S/C21H23FN6O/c1-26-7-4-13(11-26)16-3-6-23-20-17(16)5-8-28(20)21(29)24-15-9-14-12-27(2)25-19(14)18(22)10-15/h3,6,9-10,12-13H,4-5,7-8,11H2,1-2H3,(H,24,29). The van der Waals surface area contributed by atoms with Crippen LogP contribution in [0.4, 0.5) is 20.7 Å². The Bertz CT molecular complexity index is 1110. The quantitative estimate of drug-likeness (QED) is 0.725. The lowest BCUT2D eigenvalue weighted by molar-refractivity contribution is 0.257. The number of pyridine rings is 1. The summed E-state index contributed by atoms with van der Waals surface area (Å²) in [5.41, 5.74) is 3.18. The number of hydrogen-bond acceptors (Lipinski definition) is 4. The third-order valence-corrected chi connectivity index (χ3v) is 5.91. The molecule has 2 amide bonds. The van der Waals surface area contributed by atoms with Gasteiger partial charge in [0.05, 0.1) is 0 Å². The van der Waals surface area contributed by atoms with Crippen molar-refractivity contribution in [2.75, 3.05) is 36.9 Å². The number of urea groups is 1. The molecule has 0 saturated carbocycles. The highest BCUT2D eigenvalue weighted by Gasteiger charge is 2.32. The van der Waals surface area contributed by atoms with Gasteiger partial charge in [0, 0.05) is 49.2 Å². The molecule has 4 heterocycles. The van der Waals surface area contributed by atoms with Crippen LogP contribution in [-0.4, -0.2) is 52.4 Å². The van der Waals surface area contributed by atoms with Gasteiger partial charge in [-0.1, -0.05) is 0 Å². The molecule has 1 fully saturated rings. The number of anilines is 2. The van der Waals surface area contributed by atoms with E-state index in [0.717, 1.165) is 37.3 Å². The van der Waals surface area contributed by atoms with Crippen LogP contribution in [0.25, 0.3) is 10.9 Å². The maximum Gasteiger partial charge on any atom is 0.327 e. The highest BCUT2D eigenvalue weighted by molar-refractivity contribution is 6.03. The van der Waals surface area contributed by atoms with E-state index in [-0.39, 0.29) is 6.03 Å². The van der Waals surface area contributed by atoms with Gasteiger partial charge >= 0.3 is 6.03 Å². The van der Waals surface area contributed by atoms with E-state index in [9.17, 15) is 9.18 Å². The number of halogens is 1.